The Morgan fingerprint density at radius 2 is 1.93 bits per heavy atom. The molecule has 0 amide bonds. The van der Waals surface area contributed by atoms with E-state index in [9.17, 15) is 13.9 Å². The first kappa shape index (κ1) is 18.4. The maximum atomic E-state index is 14.7. The maximum Gasteiger partial charge on any atom is 0.198 e. The van der Waals surface area contributed by atoms with Gasteiger partial charge in [-0.2, -0.15) is 0 Å². The zero-order valence-electron chi connectivity index (χ0n) is 15.6. The summed E-state index contributed by atoms with van der Waals surface area (Å²) in [7, 11) is 2.07. The van der Waals surface area contributed by atoms with Crippen molar-refractivity contribution in [2.45, 2.75) is 6.42 Å². The number of aromatic amines is 1. The van der Waals surface area contributed by atoms with E-state index >= 15 is 0 Å². The summed E-state index contributed by atoms with van der Waals surface area (Å²) >= 11 is 0. The number of aromatic nitrogens is 1. The average Bonchev–Trinajstić information content (AvgIpc) is 2.82. The highest BCUT2D eigenvalue weighted by Crippen LogP contribution is 2.28. The van der Waals surface area contributed by atoms with Crippen LogP contribution in [0.5, 0.6) is 5.88 Å². The van der Waals surface area contributed by atoms with E-state index in [1.54, 1.807) is 18.2 Å². The van der Waals surface area contributed by atoms with Gasteiger partial charge in [0.25, 0.3) is 0 Å². The number of fused-ring (bicyclic) bond motifs is 1. The molecule has 2 heterocycles. The van der Waals surface area contributed by atoms with Gasteiger partial charge in [0.15, 0.2) is 5.88 Å². The van der Waals surface area contributed by atoms with Gasteiger partial charge in [0.2, 0.25) is 0 Å². The SMILES string of the molecule is CN1CCCN(c2ccc(N=Cc3c(O)[nH]c4ccc(F)cc34)cc2F)CC1. The van der Waals surface area contributed by atoms with Gasteiger partial charge >= 0.3 is 0 Å². The van der Waals surface area contributed by atoms with Crippen LogP contribution in [0.4, 0.5) is 20.2 Å². The van der Waals surface area contributed by atoms with E-state index in [0.29, 0.717) is 27.8 Å². The van der Waals surface area contributed by atoms with Crippen LogP contribution in [0.2, 0.25) is 0 Å². The number of nitrogens with zero attached hydrogens (tertiary/aromatic N) is 3. The first-order valence-electron chi connectivity index (χ1n) is 9.28. The summed E-state index contributed by atoms with van der Waals surface area (Å²) in [6, 6.07) is 9.06. The molecule has 0 radical (unpaired) electrons. The molecule has 4 rings (SSSR count). The quantitative estimate of drug-likeness (QED) is 0.670. The normalized spacial score (nSPS) is 16.2. The Bertz CT molecular complexity index is 1030. The van der Waals surface area contributed by atoms with E-state index < -0.39 is 5.82 Å². The van der Waals surface area contributed by atoms with Crippen LogP contribution in [0, 0.1) is 11.6 Å². The third kappa shape index (κ3) is 3.71. The second kappa shape index (κ2) is 7.59. The molecule has 1 saturated heterocycles. The van der Waals surface area contributed by atoms with E-state index in [2.05, 4.69) is 26.8 Å². The smallest absolute Gasteiger partial charge is 0.198 e. The number of likely N-dealkylation sites (N-methyl/N-ethyl adjacent to an activating group) is 1. The predicted octanol–water partition coefficient (Wildman–Crippen LogP) is 4.04. The van der Waals surface area contributed by atoms with Crippen LogP contribution >= 0.6 is 0 Å². The van der Waals surface area contributed by atoms with E-state index in [1.165, 1.54) is 24.4 Å². The molecule has 1 fully saturated rings. The number of benzene rings is 2. The summed E-state index contributed by atoms with van der Waals surface area (Å²) < 4.78 is 28.2. The van der Waals surface area contributed by atoms with Crippen LogP contribution in [0.15, 0.2) is 41.4 Å². The van der Waals surface area contributed by atoms with Crippen molar-refractivity contribution in [1.82, 2.24) is 9.88 Å². The molecule has 1 aliphatic heterocycles. The average molecular weight is 384 g/mol. The van der Waals surface area contributed by atoms with Gasteiger partial charge in [0.05, 0.1) is 16.9 Å². The van der Waals surface area contributed by atoms with Crippen molar-refractivity contribution >= 4 is 28.5 Å². The van der Waals surface area contributed by atoms with Crippen molar-refractivity contribution in [2.24, 2.45) is 4.99 Å². The van der Waals surface area contributed by atoms with Crippen molar-refractivity contribution in [2.75, 3.05) is 38.1 Å². The first-order valence-corrected chi connectivity index (χ1v) is 9.28. The fraction of sp³-hybridized carbons (Fsp3) is 0.286. The Balaban J connectivity index is 1.58. The molecular formula is C21H22F2N4O. The molecule has 0 bridgehead atoms. The molecule has 7 heteroatoms. The van der Waals surface area contributed by atoms with Crippen molar-refractivity contribution in [1.29, 1.82) is 0 Å². The fourth-order valence-electron chi connectivity index (χ4n) is 3.56. The van der Waals surface area contributed by atoms with Gasteiger partial charge in [0.1, 0.15) is 11.6 Å². The van der Waals surface area contributed by atoms with Crippen LogP contribution < -0.4 is 4.90 Å². The van der Waals surface area contributed by atoms with Crippen LogP contribution in [-0.2, 0) is 0 Å². The summed E-state index contributed by atoms with van der Waals surface area (Å²) in [5.74, 6) is -0.830. The van der Waals surface area contributed by atoms with E-state index in [-0.39, 0.29) is 11.7 Å². The molecule has 146 valence electrons. The molecule has 0 spiro atoms. The lowest BCUT2D eigenvalue weighted by Crippen LogP contribution is -2.29. The van der Waals surface area contributed by atoms with Crippen LogP contribution in [0.25, 0.3) is 10.9 Å². The fourth-order valence-corrected chi connectivity index (χ4v) is 3.56. The largest absolute Gasteiger partial charge is 0.494 e. The van der Waals surface area contributed by atoms with E-state index in [4.69, 9.17) is 0 Å². The molecule has 1 aromatic heterocycles. The number of H-pyrrole nitrogens is 1. The Kier molecular flexibility index (Phi) is 5.00. The lowest BCUT2D eigenvalue weighted by Gasteiger charge is -2.23. The van der Waals surface area contributed by atoms with Gasteiger partial charge in [-0.3, -0.25) is 4.99 Å². The second-order valence-electron chi connectivity index (χ2n) is 7.11. The topological polar surface area (TPSA) is 54.9 Å². The highest BCUT2D eigenvalue weighted by atomic mass is 19.1. The Hall–Kier alpha value is -2.93. The van der Waals surface area contributed by atoms with Gasteiger partial charge < -0.3 is 19.9 Å². The molecule has 0 atom stereocenters. The minimum atomic E-state index is -0.403. The standard InChI is InChI=1S/C21H22F2N4O/c1-26-7-2-8-27(10-9-26)20-6-4-15(12-18(20)23)24-13-17-16-11-14(22)3-5-19(16)25-21(17)28/h3-6,11-13,25,28H,2,7-10H2,1H3. The molecule has 0 unspecified atom stereocenters. The highest BCUT2D eigenvalue weighted by Gasteiger charge is 2.16. The van der Waals surface area contributed by atoms with Crippen LogP contribution in [-0.4, -0.2) is 54.4 Å². The molecular weight excluding hydrogens is 362 g/mol. The summed E-state index contributed by atoms with van der Waals surface area (Å²) in [4.78, 5) is 11.3. The number of hydrogen-bond donors (Lipinski definition) is 2. The summed E-state index contributed by atoms with van der Waals surface area (Å²) in [6.45, 7) is 3.51. The summed E-state index contributed by atoms with van der Waals surface area (Å²) in [5.41, 5.74) is 1.98. The number of nitrogens with one attached hydrogen (secondary N) is 1. The Labute approximate surface area is 161 Å². The molecule has 3 aromatic rings. The van der Waals surface area contributed by atoms with E-state index in [0.717, 1.165) is 32.6 Å². The third-order valence-corrected chi connectivity index (χ3v) is 5.11. The Morgan fingerprint density at radius 1 is 1.07 bits per heavy atom. The molecule has 2 N–H and O–H groups in total. The second-order valence-corrected chi connectivity index (χ2v) is 7.11. The predicted molar refractivity (Wildman–Crippen MR) is 108 cm³/mol. The van der Waals surface area contributed by atoms with Gasteiger partial charge in [-0.15, -0.1) is 0 Å². The van der Waals surface area contributed by atoms with Crippen molar-refractivity contribution in [3.8, 4) is 5.88 Å². The van der Waals surface area contributed by atoms with Gasteiger partial charge in [-0.25, -0.2) is 8.78 Å². The van der Waals surface area contributed by atoms with Crippen LogP contribution in [0.1, 0.15) is 12.0 Å². The zero-order valence-corrected chi connectivity index (χ0v) is 15.6. The minimum absolute atomic E-state index is 0.102. The number of aliphatic imine (C=N–C) groups is 1. The lowest BCUT2D eigenvalue weighted by molar-refractivity contribution is 0.360. The lowest BCUT2D eigenvalue weighted by atomic mass is 10.2. The van der Waals surface area contributed by atoms with Crippen LogP contribution in [0.3, 0.4) is 0 Å². The maximum absolute atomic E-state index is 14.7. The van der Waals surface area contributed by atoms with Gasteiger partial charge in [0, 0.05) is 42.8 Å². The van der Waals surface area contributed by atoms with Crippen molar-refractivity contribution < 1.29 is 13.9 Å². The number of rotatable bonds is 3. The number of aromatic hydroxyl groups is 1. The molecule has 28 heavy (non-hydrogen) atoms. The van der Waals surface area contributed by atoms with Crippen molar-refractivity contribution in [3.63, 3.8) is 0 Å². The number of anilines is 1. The number of hydrogen-bond acceptors (Lipinski definition) is 4. The first-order chi connectivity index (χ1) is 13.5. The van der Waals surface area contributed by atoms with E-state index in [1.807, 2.05) is 0 Å². The zero-order chi connectivity index (χ0) is 19.7. The Morgan fingerprint density at radius 3 is 2.75 bits per heavy atom. The summed E-state index contributed by atoms with van der Waals surface area (Å²) in [6.07, 6.45) is 2.41. The third-order valence-electron chi connectivity index (χ3n) is 5.11. The number of halogens is 2. The molecule has 1 aliphatic rings. The summed E-state index contributed by atoms with van der Waals surface area (Å²) in [5, 5.41) is 10.6. The minimum Gasteiger partial charge on any atom is -0.494 e. The molecule has 5 nitrogen and oxygen atoms in total. The van der Waals surface area contributed by atoms with Gasteiger partial charge in [-0.1, -0.05) is 0 Å². The molecule has 0 saturated carbocycles. The molecule has 0 aliphatic carbocycles. The van der Waals surface area contributed by atoms with Crippen molar-refractivity contribution in [3.05, 3.63) is 53.6 Å². The highest BCUT2D eigenvalue weighted by molar-refractivity contribution is 6.02. The van der Waals surface area contributed by atoms with Gasteiger partial charge in [-0.05, 0) is 50.3 Å². The molecule has 2 aromatic carbocycles. The monoisotopic (exact) mass is 384 g/mol.